The number of hydrogen-bond acceptors (Lipinski definition) is 2. The number of aromatic nitrogens is 2. The van der Waals surface area contributed by atoms with Gasteiger partial charge >= 0.3 is 0 Å². The largest absolute Gasteiger partial charge is 0.316 e. The van der Waals surface area contributed by atoms with Crippen LogP contribution in [0.15, 0.2) is 6.20 Å². The Balaban J connectivity index is 2.21. The number of nitrogens with one attached hydrogen (secondary N) is 1. The molecule has 0 spiro atoms. The zero-order chi connectivity index (χ0) is 15.4. The Kier molecular flexibility index (Phi) is 6.12. The first-order valence-electron chi connectivity index (χ1n) is 8.48. The molecule has 1 saturated carbocycles. The molecule has 2 rings (SSSR count). The average Bonchev–Trinajstić information content (AvgIpc) is 2.82. The van der Waals surface area contributed by atoms with E-state index in [1.807, 2.05) is 6.20 Å². The highest BCUT2D eigenvalue weighted by Gasteiger charge is 2.33. The normalized spacial score (nSPS) is 26.5. The first-order chi connectivity index (χ1) is 10.0. The van der Waals surface area contributed by atoms with Crippen molar-refractivity contribution in [3.8, 4) is 0 Å². The summed E-state index contributed by atoms with van der Waals surface area (Å²) in [4.78, 5) is 0. The highest BCUT2D eigenvalue weighted by atomic mass is 35.5. The zero-order valence-electron chi connectivity index (χ0n) is 13.9. The predicted octanol–water partition coefficient (Wildman–Crippen LogP) is 4.64. The molecule has 120 valence electrons. The van der Waals surface area contributed by atoms with Crippen LogP contribution in [0.5, 0.6) is 0 Å². The lowest BCUT2D eigenvalue weighted by atomic mass is 9.73. The topological polar surface area (TPSA) is 29.9 Å². The van der Waals surface area contributed by atoms with Crippen LogP contribution >= 0.6 is 11.6 Å². The molecule has 1 N–H and O–H groups in total. The maximum atomic E-state index is 6.49. The Morgan fingerprint density at radius 2 is 2.19 bits per heavy atom. The monoisotopic (exact) mass is 311 g/mol. The number of rotatable bonds is 6. The van der Waals surface area contributed by atoms with Gasteiger partial charge in [-0.25, -0.2) is 0 Å². The smallest absolute Gasteiger partial charge is 0.0820 e. The summed E-state index contributed by atoms with van der Waals surface area (Å²) in [5.41, 5.74) is 1.27. The van der Waals surface area contributed by atoms with Crippen LogP contribution in [0.4, 0.5) is 0 Å². The lowest BCUT2D eigenvalue weighted by Gasteiger charge is -2.36. The molecule has 4 heteroatoms. The summed E-state index contributed by atoms with van der Waals surface area (Å²) in [5, 5.41) is 8.97. The SMILES string of the molecule is CCCNCC1CCC(C)CC1c1c(Cl)cnn1C(C)C. The molecule has 1 aliphatic rings. The number of halogens is 1. The van der Waals surface area contributed by atoms with Gasteiger partial charge in [0, 0.05) is 12.0 Å². The third kappa shape index (κ3) is 4.01. The Morgan fingerprint density at radius 3 is 2.86 bits per heavy atom. The van der Waals surface area contributed by atoms with Gasteiger partial charge in [0.15, 0.2) is 0 Å². The Morgan fingerprint density at radius 1 is 1.43 bits per heavy atom. The molecule has 21 heavy (non-hydrogen) atoms. The third-order valence-corrected chi connectivity index (χ3v) is 5.01. The van der Waals surface area contributed by atoms with Gasteiger partial charge in [-0.2, -0.15) is 5.10 Å². The fraction of sp³-hybridized carbons (Fsp3) is 0.824. The van der Waals surface area contributed by atoms with Crippen LogP contribution in [0.3, 0.4) is 0 Å². The van der Waals surface area contributed by atoms with Crippen LogP contribution in [0.1, 0.15) is 71.0 Å². The molecule has 3 unspecified atom stereocenters. The molecule has 1 heterocycles. The van der Waals surface area contributed by atoms with Crippen LogP contribution in [0.2, 0.25) is 5.02 Å². The van der Waals surface area contributed by atoms with E-state index in [0.717, 1.165) is 24.0 Å². The predicted molar refractivity (Wildman–Crippen MR) is 90.0 cm³/mol. The van der Waals surface area contributed by atoms with Gasteiger partial charge in [0.2, 0.25) is 0 Å². The molecule has 0 aliphatic heterocycles. The molecule has 1 aromatic rings. The second-order valence-electron chi connectivity index (χ2n) is 6.90. The fourth-order valence-corrected chi connectivity index (χ4v) is 3.87. The van der Waals surface area contributed by atoms with E-state index in [-0.39, 0.29) is 0 Å². The first kappa shape index (κ1) is 16.8. The summed E-state index contributed by atoms with van der Waals surface area (Å²) in [6.45, 7) is 11.2. The van der Waals surface area contributed by atoms with E-state index in [4.69, 9.17) is 11.6 Å². The molecule has 0 amide bonds. The van der Waals surface area contributed by atoms with Gasteiger partial charge in [0.25, 0.3) is 0 Å². The molecule has 0 aromatic carbocycles. The summed E-state index contributed by atoms with van der Waals surface area (Å²) < 4.78 is 2.14. The van der Waals surface area contributed by atoms with Crippen molar-refractivity contribution < 1.29 is 0 Å². The van der Waals surface area contributed by atoms with Gasteiger partial charge in [0.05, 0.1) is 16.9 Å². The molecular weight excluding hydrogens is 282 g/mol. The van der Waals surface area contributed by atoms with Crippen molar-refractivity contribution in [2.24, 2.45) is 11.8 Å². The van der Waals surface area contributed by atoms with E-state index >= 15 is 0 Å². The molecule has 0 radical (unpaired) electrons. The average molecular weight is 312 g/mol. The van der Waals surface area contributed by atoms with Crippen LogP contribution in [-0.2, 0) is 0 Å². The quantitative estimate of drug-likeness (QED) is 0.776. The van der Waals surface area contributed by atoms with E-state index in [2.05, 4.69) is 42.8 Å². The fourth-order valence-electron chi connectivity index (χ4n) is 3.60. The maximum absolute atomic E-state index is 6.49. The molecule has 3 nitrogen and oxygen atoms in total. The van der Waals surface area contributed by atoms with Gasteiger partial charge in [-0.15, -0.1) is 0 Å². The molecule has 0 bridgehead atoms. The van der Waals surface area contributed by atoms with E-state index in [9.17, 15) is 0 Å². The highest BCUT2D eigenvalue weighted by molar-refractivity contribution is 6.31. The summed E-state index contributed by atoms with van der Waals surface area (Å²) in [6, 6.07) is 0.369. The van der Waals surface area contributed by atoms with Gasteiger partial charge < -0.3 is 5.32 Å². The van der Waals surface area contributed by atoms with Crippen LogP contribution < -0.4 is 5.32 Å². The van der Waals surface area contributed by atoms with Crippen molar-refractivity contribution in [2.75, 3.05) is 13.1 Å². The van der Waals surface area contributed by atoms with Crippen LogP contribution in [0, 0.1) is 11.8 Å². The van der Waals surface area contributed by atoms with Crippen molar-refractivity contribution in [1.82, 2.24) is 15.1 Å². The summed E-state index contributed by atoms with van der Waals surface area (Å²) >= 11 is 6.49. The van der Waals surface area contributed by atoms with Crippen LogP contribution in [-0.4, -0.2) is 22.9 Å². The molecular formula is C17H30ClN3. The third-order valence-electron chi connectivity index (χ3n) is 4.72. The standard InChI is InChI=1S/C17H30ClN3/c1-5-8-19-10-14-7-6-13(4)9-15(14)17-16(18)11-20-21(17)12(2)3/h11-15,19H,5-10H2,1-4H3. The minimum atomic E-state index is 0.369. The Labute approximate surface area is 134 Å². The second-order valence-corrected chi connectivity index (χ2v) is 7.31. The van der Waals surface area contributed by atoms with Crippen molar-refractivity contribution >= 4 is 11.6 Å². The summed E-state index contributed by atoms with van der Waals surface area (Å²) in [6.07, 6.45) is 6.88. The van der Waals surface area contributed by atoms with E-state index in [1.165, 1.54) is 31.4 Å². The van der Waals surface area contributed by atoms with Gasteiger partial charge in [-0.3, -0.25) is 4.68 Å². The molecule has 1 aliphatic carbocycles. The lowest BCUT2D eigenvalue weighted by molar-refractivity contribution is 0.231. The van der Waals surface area contributed by atoms with Crippen molar-refractivity contribution in [1.29, 1.82) is 0 Å². The Bertz CT molecular complexity index is 441. The van der Waals surface area contributed by atoms with Crippen molar-refractivity contribution in [3.05, 3.63) is 16.9 Å². The van der Waals surface area contributed by atoms with Crippen molar-refractivity contribution in [3.63, 3.8) is 0 Å². The number of hydrogen-bond donors (Lipinski definition) is 1. The van der Waals surface area contributed by atoms with E-state index in [0.29, 0.717) is 17.9 Å². The Hall–Kier alpha value is -0.540. The molecule has 3 atom stereocenters. The van der Waals surface area contributed by atoms with Crippen molar-refractivity contribution in [2.45, 2.75) is 65.3 Å². The van der Waals surface area contributed by atoms with Crippen LogP contribution in [0.25, 0.3) is 0 Å². The number of nitrogens with zero attached hydrogens (tertiary/aromatic N) is 2. The van der Waals surface area contributed by atoms with E-state index < -0.39 is 0 Å². The minimum Gasteiger partial charge on any atom is -0.316 e. The lowest BCUT2D eigenvalue weighted by Crippen LogP contribution is -2.33. The zero-order valence-corrected chi connectivity index (χ0v) is 14.7. The second kappa shape index (κ2) is 7.64. The summed E-state index contributed by atoms with van der Waals surface area (Å²) in [7, 11) is 0. The molecule has 0 saturated heterocycles. The van der Waals surface area contributed by atoms with E-state index in [1.54, 1.807) is 0 Å². The first-order valence-corrected chi connectivity index (χ1v) is 8.86. The van der Waals surface area contributed by atoms with Gasteiger partial charge in [-0.05, 0) is 58.0 Å². The summed E-state index contributed by atoms with van der Waals surface area (Å²) in [5.74, 6) is 2.00. The minimum absolute atomic E-state index is 0.369. The molecule has 1 aromatic heterocycles. The maximum Gasteiger partial charge on any atom is 0.0820 e. The van der Waals surface area contributed by atoms with Gasteiger partial charge in [0.1, 0.15) is 0 Å². The van der Waals surface area contributed by atoms with Gasteiger partial charge in [-0.1, -0.05) is 31.9 Å². The highest BCUT2D eigenvalue weighted by Crippen LogP contribution is 2.43. The molecule has 1 fully saturated rings.